The first-order valence-electron chi connectivity index (χ1n) is 6.36. The summed E-state index contributed by atoms with van der Waals surface area (Å²) in [5.74, 6) is 1.38. The lowest BCUT2D eigenvalue weighted by Crippen LogP contribution is -2.38. The number of hydrogen-bond donors (Lipinski definition) is 0. The quantitative estimate of drug-likeness (QED) is 0.846. The lowest BCUT2D eigenvalue weighted by molar-refractivity contribution is 0.143. The Bertz CT molecular complexity index is 423. The third-order valence-corrected chi connectivity index (χ3v) is 3.72. The van der Waals surface area contributed by atoms with Crippen LogP contribution in [0.4, 0.5) is 5.82 Å². The van der Waals surface area contributed by atoms with Crippen LogP contribution in [-0.2, 0) is 4.74 Å². The van der Waals surface area contributed by atoms with E-state index < -0.39 is 0 Å². The van der Waals surface area contributed by atoms with Crippen LogP contribution in [0, 0.1) is 19.8 Å². The van der Waals surface area contributed by atoms with E-state index in [0.717, 1.165) is 43.3 Å². The van der Waals surface area contributed by atoms with E-state index in [1.807, 2.05) is 13.8 Å². The van der Waals surface area contributed by atoms with E-state index in [2.05, 4.69) is 14.9 Å². The predicted octanol–water partition coefficient (Wildman–Crippen LogP) is 2.61. The van der Waals surface area contributed by atoms with Crippen molar-refractivity contribution in [3.05, 3.63) is 16.5 Å². The fourth-order valence-electron chi connectivity index (χ4n) is 2.39. The molecular weight excluding hydrogens is 250 g/mol. The molecule has 0 aliphatic carbocycles. The van der Waals surface area contributed by atoms with Gasteiger partial charge in [0.1, 0.15) is 0 Å². The molecule has 4 nitrogen and oxygen atoms in total. The first-order chi connectivity index (χ1) is 8.61. The van der Waals surface area contributed by atoms with Gasteiger partial charge in [0, 0.05) is 20.2 Å². The zero-order valence-electron chi connectivity index (χ0n) is 11.2. The van der Waals surface area contributed by atoms with Crippen molar-refractivity contribution in [3.63, 3.8) is 0 Å². The molecule has 0 radical (unpaired) electrons. The van der Waals surface area contributed by atoms with E-state index in [0.29, 0.717) is 11.1 Å². The minimum absolute atomic E-state index is 0.510. The molecule has 18 heavy (non-hydrogen) atoms. The Morgan fingerprint density at radius 3 is 2.78 bits per heavy atom. The topological polar surface area (TPSA) is 38.2 Å². The second kappa shape index (κ2) is 5.85. The zero-order chi connectivity index (χ0) is 13.1. The second-order valence-corrected chi connectivity index (χ2v) is 5.28. The molecule has 1 aliphatic heterocycles. The molecule has 0 bridgehead atoms. The van der Waals surface area contributed by atoms with Crippen LogP contribution in [0.15, 0.2) is 0 Å². The average molecular weight is 270 g/mol. The maximum Gasteiger partial charge on any atom is 0.171 e. The van der Waals surface area contributed by atoms with Gasteiger partial charge in [0.05, 0.1) is 18.0 Å². The van der Waals surface area contributed by atoms with Gasteiger partial charge in [-0.2, -0.15) is 0 Å². The summed E-state index contributed by atoms with van der Waals surface area (Å²) in [6.07, 6.45) is 2.36. The Morgan fingerprint density at radius 1 is 1.33 bits per heavy atom. The van der Waals surface area contributed by atoms with Gasteiger partial charge >= 0.3 is 0 Å². The van der Waals surface area contributed by atoms with Crippen molar-refractivity contribution in [2.24, 2.45) is 5.92 Å². The van der Waals surface area contributed by atoms with Crippen molar-refractivity contribution >= 4 is 17.4 Å². The van der Waals surface area contributed by atoms with E-state index >= 15 is 0 Å². The SMILES string of the molecule is COCC1CCCN(c2nc(C)c(C)nc2Cl)C1. The van der Waals surface area contributed by atoms with Crippen LogP contribution < -0.4 is 4.90 Å². The van der Waals surface area contributed by atoms with Gasteiger partial charge in [-0.1, -0.05) is 11.6 Å². The lowest BCUT2D eigenvalue weighted by Gasteiger charge is -2.33. The molecule has 1 aromatic heterocycles. The summed E-state index contributed by atoms with van der Waals surface area (Å²) in [7, 11) is 1.75. The van der Waals surface area contributed by atoms with Crippen LogP contribution in [0.3, 0.4) is 0 Å². The summed E-state index contributed by atoms with van der Waals surface area (Å²) in [5.41, 5.74) is 1.84. The summed E-state index contributed by atoms with van der Waals surface area (Å²) in [4.78, 5) is 11.2. The lowest BCUT2D eigenvalue weighted by atomic mass is 9.99. The van der Waals surface area contributed by atoms with E-state index in [4.69, 9.17) is 16.3 Å². The number of anilines is 1. The molecule has 2 rings (SSSR count). The normalized spacial score (nSPS) is 20.2. The predicted molar refractivity (Wildman–Crippen MR) is 73.3 cm³/mol. The molecule has 1 aromatic rings. The molecular formula is C13H20ClN3O. The minimum Gasteiger partial charge on any atom is -0.384 e. The van der Waals surface area contributed by atoms with Crippen molar-refractivity contribution in [3.8, 4) is 0 Å². The molecule has 1 unspecified atom stereocenters. The standard InChI is InChI=1S/C13H20ClN3O/c1-9-10(2)16-13(12(14)15-9)17-6-4-5-11(7-17)8-18-3/h11H,4-8H2,1-3H3. The molecule has 1 saturated heterocycles. The molecule has 1 aliphatic rings. The van der Waals surface area contributed by atoms with E-state index in [9.17, 15) is 0 Å². The first kappa shape index (κ1) is 13.6. The summed E-state index contributed by atoms with van der Waals surface area (Å²) >= 11 is 6.21. The molecule has 0 aromatic carbocycles. The van der Waals surface area contributed by atoms with Crippen molar-refractivity contribution < 1.29 is 4.74 Å². The van der Waals surface area contributed by atoms with Crippen LogP contribution in [0.2, 0.25) is 5.15 Å². The molecule has 2 heterocycles. The molecule has 0 spiro atoms. The number of hydrogen-bond acceptors (Lipinski definition) is 4. The van der Waals surface area contributed by atoms with Crippen molar-refractivity contribution in [2.45, 2.75) is 26.7 Å². The van der Waals surface area contributed by atoms with Gasteiger partial charge in [-0.3, -0.25) is 0 Å². The number of aryl methyl sites for hydroxylation is 2. The first-order valence-corrected chi connectivity index (χ1v) is 6.74. The largest absolute Gasteiger partial charge is 0.384 e. The highest BCUT2D eigenvalue weighted by Crippen LogP contribution is 2.27. The molecule has 1 atom stereocenters. The third-order valence-electron chi connectivity index (χ3n) is 3.47. The van der Waals surface area contributed by atoms with Crippen LogP contribution >= 0.6 is 11.6 Å². The smallest absolute Gasteiger partial charge is 0.171 e. The number of piperidine rings is 1. The molecule has 0 amide bonds. The Hall–Kier alpha value is -0.870. The molecule has 100 valence electrons. The molecule has 5 heteroatoms. The molecule has 0 saturated carbocycles. The number of halogens is 1. The number of methoxy groups -OCH3 is 1. The fraction of sp³-hybridized carbons (Fsp3) is 0.692. The summed E-state index contributed by atoms with van der Waals surface area (Å²) in [6.45, 7) is 6.65. The van der Waals surface area contributed by atoms with Crippen LogP contribution in [-0.4, -0.2) is 36.8 Å². The maximum absolute atomic E-state index is 6.21. The minimum atomic E-state index is 0.510. The van der Waals surface area contributed by atoms with Gasteiger partial charge in [0.2, 0.25) is 0 Å². The van der Waals surface area contributed by atoms with Crippen molar-refractivity contribution in [2.75, 3.05) is 31.7 Å². The van der Waals surface area contributed by atoms with Gasteiger partial charge in [-0.05, 0) is 32.6 Å². The van der Waals surface area contributed by atoms with Gasteiger partial charge < -0.3 is 9.64 Å². The van der Waals surface area contributed by atoms with Gasteiger partial charge in [-0.15, -0.1) is 0 Å². The maximum atomic E-state index is 6.21. The third kappa shape index (κ3) is 2.93. The second-order valence-electron chi connectivity index (χ2n) is 4.92. The van der Waals surface area contributed by atoms with Crippen LogP contribution in [0.1, 0.15) is 24.2 Å². The zero-order valence-corrected chi connectivity index (χ0v) is 12.0. The summed E-state index contributed by atoms with van der Waals surface area (Å²) in [5, 5.41) is 0.510. The van der Waals surface area contributed by atoms with Gasteiger partial charge in [0.15, 0.2) is 11.0 Å². The van der Waals surface area contributed by atoms with E-state index in [1.165, 1.54) is 6.42 Å². The highest BCUT2D eigenvalue weighted by atomic mass is 35.5. The van der Waals surface area contributed by atoms with Crippen LogP contribution in [0.25, 0.3) is 0 Å². The van der Waals surface area contributed by atoms with Crippen molar-refractivity contribution in [1.29, 1.82) is 0 Å². The van der Waals surface area contributed by atoms with E-state index in [-0.39, 0.29) is 0 Å². The number of rotatable bonds is 3. The Morgan fingerprint density at radius 2 is 2.06 bits per heavy atom. The fourth-order valence-corrected chi connectivity index (χ4v) is 2.68. The number of nitrogens with zero attached hydrogens (tertiary/aromatic N) is 3. The van der Waals surface area contributed by atoms with Crippen molar-refractivity contribution in [1.82, 2.24) is 9.97 Å². The summed E-state index contributed by atoms with van der Waals surface area (Å²) < 4.78 is 5.24. The highest BCUT2D eigenvalue weighted by molar-refractivity contribution is 6.31. The van der Waals surface area contributed by atoms with Crippen LogP contribution in [0.5, 0.6) is 0 Å². The van der Waals surface area contributed by atoms with Gasteiger partial charge in [-0.25, -0.2) is 9.97 Å². The Kier molecular flexibility index (Phi) is 4.40. The number of aromatic nitrogens is 2. The molecule has 1 fully saturated rings. The van der Waals surface area contributed by atoms with Gasteiger partial charge in [0.25, 0.3) is 0 Å². The Balaban J connectivity index is 2.18. The average Bonchev–Trinajstić information content (AvgIpc) is 2.34. The molecule has 0 N–H and O–H groups in total. The number of ether oxygens (including phenoxy) is 1. The summed E-state index contributed by atoms with van der Waals surface area (Å²) in [6, 6.07) is 0. The monoisotopic (exact) mass is 269 g/mol. The highest BCUT2D eigenvalue weighted by Gasteiger charge is 2.23. The van der Waals surface area contributed by atoms with E-state index in [1.54, 1.807) is 7.11 Å². The Labute approximate surface area is 113 Å².